The van der Waals surface area contributed by atoms with Gasteiger partial charge in [-0.15, -0.1) is 0 Å². The van der Waals surface area contributed by atoms with Gasteiger partial charge in [0.15, 0.2) is 0 Å². The Labute approximate surface area is 160 Å². The van der Waals surface area contributed by atoms with E-state index in [0.29, 0.717) is 6.54 Å². The van der Waals surface area contributed by atoms with E-state index in [1.165, 1.54) is 0 Å². The van der Waals surface area contributed by atoms with Crippen LogP contribution in [0.3, 0.4) is 0 Å². The number of rotatable bonds is 5. The fraction of sp³-hybridized carbons (Fsp3) is 0.500. The molecule has 0 saturated carbocycles. The number of carbonyl (C=O) groups is 1. The molecule has 1 aliphatic heterocycles. The average Bonchev–Trinajstić information content (AvgIpc) is 2.99. The van der Waals surface area contributed by atoms with Gasteiger partial charge in [0.2, 0.25) is 0 Å². The van der Waals surface area contributed by atoms with Crippen molar-refractivity contribution < 1.29 is 9.53 Å². The molecule has 7 nitrogen and oxygen atoms in total. The maximum atomic E-state index is 12.4. The number of carbonyl (C=O) groups excluding carboxylic acids is 1. The van der Waals surface area contributed by atoms with Gasteiger partial charge < -0.3 is 15.4 Å². The number of benzene rings is 1. The minimum Gasteiger partial charge on any atom is -0.379 e. The summed E-state index contributed by atoms with van der Waals surface area (Å²) in [5.74, 6) is 0. The minimum atomic E-state index is -0.207. The van der Waals surface area contributed by atoms with Gasteiger partial charge in [0.25, 0.3) is 0 Å². The zero-order chi connectivity index (χ0) is 19.4. The molecule has 2 N–H and O–H groups in total. The van der Waals surface area contributed by atoms with Crippen molar-refractivity contribution in [2.75, 3.05) is 38.2 Å². The van der Waals surface area contributed by atoms with Gasteiger partial charge in [0, 0.05) is 36.6 Å². The fourth-order valence-corrected chi connectivity index (χ4v) is 3.36. The van der Waals surface area contributed by atoms with Crippen LogP contribution in [-0.2, 0) is 4.74 Å². The molecule has 1 saturated heterocycles. The van der Waals surface area contributed by atoms with Crippen molar-refractivity contribution in [2.24, 2.45) is 0 Å². The van der Waals surface area contributed by atoms with E-state index in [9.17, 15) is 4.79 Å². The van der Waals surface area contributed by atoms with Crippen LogP contribution in [0, 0.1) is 13.8 Å². The number of morpholine rings is 1. The molecule has 1 aromatic carbocycles. The van der Waals surface area contributed by atoms with Crippen molar-refractivity contribution in [2.45, 2.75) is 33.2 Å². The third-order valence-electron chi connectivity index (χ3n) is 4.91. The SMILES string of the molecule is Cc1cc(C)n(-c2cccc(NC(=O)NCC(C)(C)N3CCOCC3)c2)n1. The van der Waals surface area contributed by atoms with Crippen molar-refractivity contribution in [3.05, 3.63) is 41.7 Å². The van der Waals surface area contributed by atoms with Crippen LogP contribution in [0.1, 0.15) is 25.2 Å². The standard InChI is InChI=1S/C20H29N5O2/c1-15-12-16(2)25(23-15)18-7-5-6-17(13-18)22-19(26)21-14-20(3,4)24-8-10-27-11-9-24/h5-7,12-13H,8-11,14H2,1-4H3,(H2,21,22,26). The number of hydrogen-bond donors (Lipinski definition) is 2. The smallest absolute Gasteiger partial charge is 0.319 e. The number of aryl methyl sites for hydroxylation is 2. The van der Waals surface area contributed by atoms with Gasteiger partial charge in [0.1, 0.15) is 0 Å². The largest absolute Gasteiger partial charge is 0.379 e. The van der Waals surface area contributed by atoms with Crippen LogP contribution in [0.25, 0.3) is 5.69 Å². The first-order chi connectivity index (χ1) is 12.8. The van der Waals surface area contributed by atoms with Gasteiger partial charge in [-0.1, -0.05) is 6.07 Å². The van der Waals surface area contributed by atoms with Crippen LogP contribution in [0.2, 0.25) is 0 Å². The Hall–Kier alpha value is -2.38. The van der Waals surface area contributed by atoms with Crippen LogP contribution >= 0.6 is 0 Å². The summed E-state index contributed by atoms with van der Waals surface area (Å²) in [5, 5.41) is 10.4. The van der Waals surface area contributed by atoms with Crippen LogP contribution < -0.4 is 10.6 Å². The molecule has 1 aliphatic rings. The molecule has 0 radical (unpaired) electrons. The molecule has 7 heteroatoms. The normalized spacial score (nSPS) is 15.6. The topological polar surface area (TPSA) is 71.4 Å². The molecule has 27 heavy (non-hydrogen) atoms. The van der Waals surface area contributed by atoms with Crippen molar-refractivity contribution >= 4 is 11.7 Å². The van der Waals surface area contributed by atoms with Gasteiger partial charge in [-0.25, -0.2) is 9.48 Å². The molecule has 2 aromatic rings. The molecule has 146 valence electrons. The molecule has 0 unspecified atom stereocenters. The Morgan fingerprint density at radius 3 is 2.63 bits per heavy atom. The molecule has 0 aliphatic carbocycles. The second-order valence-electron chi connectivity index (χ2n) is 7.61. The molecular weight excluding hydrogens is 342 g/mol. The Morgan fingerprint density at radius 2 is 1.96 bits per heavy atom. The maximum absolute atomic E-state index is 12.4. The highest BCUT2D eigenvalue weighted by atomic mass is 16.5. The van der Waals surface area contributed by atoms with E-state index in [1.807, 2.05) is 48.9 Å². The lowest BCUT2D eigenvalue weighted by Crippen LogP contribution is -2.55. The first kappa shape index (κ1) is 19.4. The van der Waals surface area contributed by atoms with Crippen molar-refractivity contribution in [1.29, 1.82) is 0 Å². The number of nitrogens with zero attached hydrogens (tertiary/aromatic N) is 3. The van der Waals surface area contributed by atoms with E-state index in [2.05, 4.69) is 34.5 Å². The van der Waals surface area contributed by atoms with Crippen molar-refractivity contribution in [3.63, 3.8) is 0 Å². The lowest BCUT2D eigenvalue weighted by Gasteiger charge is -2.40. The minimum absolute atomic E-state index is 0.118. The quantitative estimate of drug-likeness (QED) is 0.848. The van der Waals surface area contributed by atoms with Crippen LogP contribution in [0.5, 0.6) is 0 Å². The monoisotopic (exact) mass is 371 g/mol. The molecular formula is C20H29N5O2. The molecule has 0 bridgehead atoms. The number of ether oxygens (including phenoxy) is 1. The fourth-order valence-electron chi connectivity index (χ4n) is 3.36. The lowest BCUT2D eigenvalue weighted by molar-refractivity contribution is -0.00863. The van der Waals surface area contributed by atoms with E-state index in [4.69, 9.17) is 4.74 Å². The summed E-state index contributed by atoms with van der Waals surface area (Å²) >= 11 is 0. The van der Waals surface area contributed by atoms with E-state index in [-0.39, 0.29) is 11.6 Å². The molecule has 0 spiro atoms. The highest BCUT2D eigenvalue weighted by Gasteiger charge is 2.28. The van der Waals surface area contributed by atoms with Gasteiger partial charge in [-0.2, -0.15) is 5.10 Å². The predicted molar refractivity (Wildman–Crippen MR) is 107 cm³/mol. The van der Waals surface area contributed by atoms with Gasteiger partial charge in [-0.3, -0.25) is 4.90 Å². The second kappa shape index (κ2) is 8.10. The van der Waals surface area contributed by atoms with E-state index in [1.54, 1.807) is 0 Å². The second-order valence-corrected chi connectivity index (χ2v) is 7.61. The number of nitrogens with one attached hydrogen (secondary N) is 2. The van der Waals surface area contributed by atoms with Crippen molar-refractivity contribution in [3.8, 4) is 5.69 Å². The Bertz CT molecular complexity index is 793. The number of amides is 2. The Balaban J connectivity index is 1.59. The summed E-state index contributed by atoms with van der Waals surface area (Å²) < 4.78 is 7.28. The summed E-state index contributed by atoms with van der Waals surface area (Å²) in [7, 11) is 0. The van der Waals surface area contributed by atoms with Gasteiger partial charge >= 0.3 is 6.03 Å². The van der Waals surface area contributed by atoms with E-state index in [0.717, 1.165) is 49.1 Å². The van der Waals surface area contributed by atoms with Crippen LogP contribution in [0.15, 0.2) is 30.3 Å². The predicted octanol–water partition coefficient (Wildman–Crippen LogP) is 2.72. The highest BCUT2D eigenvalue weighted by molar-refractivity contribution is 5.89. The number of urea groups is 1. The van der Waals surface area contributed by atoms with Crippen LogP contribution in [0.4, 0.5) is 10.5 Å². The third-order valence-corrected chi connectivity index (χ3v) is 4.91. The average molecular weight is 371 g/mol. The molecule has 1 aromatic heterocycles. The third kappa shape index (κ3) is 4.87. The summed E-state index contributed by atoms with van der Waals surface area (Å²) in [4.78, 5) is 14.7. The van der Waals surface area contributed by atoms with Gasteiger partial charge in [-0.05, 0) is 52.0 Å². The number of aromatic nitrogens is 2. The van der Waals surface area contributed by atoms with E-state index < -0.39 is 0 Å². The summed E-state index contributed by atoms with van der Waals surface area (Å²) in [6.07, 6.45) is 0. The Kier molecular flexibility index (Phi) is 5.82. The summed E-state index contributed by atoms with van der Waals surface area (Å²) in [6, 6.07) is 9.51. The molecule has 3 rings (SSSR count). The molecule has 0 atom stereocenters. The lowest BCUT2D eigenvalue weighted by atomic mass is 10.0. The number of anilines is 1. The first-order valence-corrected chi connectivity index (χ1v) is 9.36. The molecule has 2 amide bonds. The van der Waals surface area contributed by atoms with Crippen LogP contribution in [-0.4, -0.2) is 59.1 Å². The van der Waals surface area contributed by atoms with Gasteiger partial charge in [0.05, 0.1) is 24.6 Å². The van der Waals surface area contributed by atoms with E-state index >= 15 is 0 Å². The maximum Gasteiger partial charge on any atom is 0.319 e. The first-order valence-electron chi connectivity index (χ1n) is 9.36. The van der Waals surface area contributed by atoms with Crippen molar-refractivity contribution in [1.82, 2.24) is 20.0 Å². The summed E-state index contributed by atoms with van der Waals surface area (Å²) in [5.41, 5.74) is 3.57. The number of hydrogen-bond acceptors (Lipinski definition) is 4. The summed E-state index contributed by atoms with van der Waals surface area (Å²) in [6.45, 7) is 12.1. The zero-order valence-electron chi connectivity index (χ0n) is 16.6. The Morgan fingerprint density at radius 1 is 1.22 bits per heavy atom. The molecule has 2 heterocycles. The highest BCUT2D eigenvalue weighted by Crippen LogP contribution is 2.18. The molecule has 1 fully saturated rings. The zero-order valence-corrected chi connectivity index (χ0v) is 16.6.